The molecule has 1 heterocycles. The number of alkyl halides is 3. The van der Waals surface area contributed by atoms with E-state index < -0.39 is 34.1 Å². The number of aliphatic hydroxyl groups excluding tert-OH is 1. The van der Waals surface area contributed by atoms with E-state index in [1.807, 2.05) is 0 Å². The fraction of sp³-hybridized carbons (Fsp3) is 1.00. The highest BCUT2D eigenvalue weighted by molar-refractivity contribution is 7.90. The van der Waals surface area contributed by atoms with Gasteiger partial charge in [-0.25, -0.2) is 13.1 Å². The zero-order valence-electron chi connectivity index (χ0n) is 10.8. The van der Waals surface area contributed by atoms with Gasteiger partial charge < -0.3 is 5.11 Å². The Hall–Kier alpha value is -0.380. The fourth-order valence-electron chi connectivity index (χ4n) is 1.99. The molecule has 0 spiro atoms. The first kappa shape index (κ1) is 16.7. The molecule has 0 aromatic heterocycles. The molecule has 19 heavy (non-hydrogen) atoms. The minimum absolute atomic E-state index is 0.00912. The monoisotopic (exact) mass is 304 g/mol. The van der Waals surface area contributed by atoms with Gasteiger partial charge in [-0.1, -0.05) is 0 Å². The number of nitrogens with zero attached hydrogens (tertiary/aromatic N) is 1. The van der Waals surface area contributed by atoms with Gasteiger partial charge in [0.2, 0.25) is 10.0 Å². The third-order valence-corrected chi connectivity index (χ3v) is 4.94. The number of aliphatic hydroxyl groups is 1. The molecule has 0 saturated carbocycles. The second kappa shape index (κ2) is 5.94. The predicted molar refractivity (Wildman–Crippen MR) is 64.1 cm³/mol. The van der Waals surface area contributed by atoms with Crippen LogP contribution in [0.5, 0.6) is 0 Å². The third-order valence-electron chi connectivity index (χ3n) is 2.88. The van der Waals surface area contributed by atoms with Crippen molar-refractivity contribution in [3.05, 3.63) is 0 Å². The van der Waals surface area contributed by atoms with Crippen molar-refractivity contribution in [2.75, 3.05) is 19.6 Å². The normalized spacial score (nSPS) is 24.1. The second-order valence-corrected chi connectivity index (χ2v) is 7.04. The summed E-state index contributed by atoms with van der Waals surface area (Å²) in [6, 6.07) is -0.250. The molecule has 0 amide bonds. The largest absolute Gasteiger partial charge is 0.415 e. The number of nitrogens with one attached hydrogen (secondary N) is 1. The zero-order valence-corrected chi connectivity index (χ0v) is 11.6. The van der Waals surface area contributed by atoms with Crippen molar-refractivity contribution in [3.63, 3.8) is 0 Å². The maximum absolute atomic E-state index is 12.2. The minimum atomic E-state index is -4.67. The molecule has 2 unspecified atom stereocenters. The van der Waals surface area contributed by atoms with E-state index in [2.05, 4.69) is 4.72 Å². The predicted octanol–water partition coefficient (Wildman–Crippen LogP) is 0.312. The smallest absolute Gasteiger partial charge is 0.382 e. The first-order valence-corrected chi connectivity index (χ1v) is 7.55. The van der Waals surface area contributed by atoms with Crippen LogP contribution in [0, 0.1) is 0 Å². The summed E-state index contributed by atoms with van der Waals surface area (Å²) in [7, 11) is -3.52. The SMILES string of the molecule is CC(C)NS(=O)(=O)C1CCN(CC(O)C(F)(F)F)C1. The van der Waals surface area contributed by atoms with Gasteiger partial charge in [-0.15, -0.1) is 0 Å². The number of halogens is 3. The number of hydrogen-bond acceptors (Lipinski definition) is 4. The van der Waals surface area contributed by atoms with Crippen LogP contribution >= 0.6 is 0 Å². The number of rotatable bonds is 5. The lowest BCUT2D eigenvalue weighted by molar-refractivity contribution is -0.207. The minimum Gasteiger partial charge on any atom is -0.382 e. The van der Waals surface area contributed by atoms with Gasteiger partial charge in [0.1, 0.15) is 0 Å². The van der Waals surface area contributed by atoms with E-state index in [1.165, 1.54) is 4.90 Å². The average molecular weight is 304 g/mol. The summed E-state index contributed by atoms with van der Waals surface area (Å²) in [6.07, 6.45) is -6.84. The Morgan fingerprint density at radius 1 is 1.42 bits per heavy atom. The molecule has 9 heteroatoms. The summed E-state index contributed by atoms with van der Waals surface area (Å²) in [4.78, 5) is 1.32. The Labute approximate surface area is 110 Å². The molecule has 2 atom stereocenters. The zero-order chi connectivity index (χ0) is 14.8. The number of β-amino-alcohol motifs (C(OH)–C–C–N with tert-alkyl or cyclic N) is 1. The topological polar surface area (TPSA) is 69.6 Å². The van der Waals surface area contributed by atoms with Crippen LogP contribution in [0.1, 0.15) is 20.3 Å². The molecule has 0 bridgehead atoms. The van der Waals surface area contributed by atoms with Crippen LogP contribution in [-0.4, -0.2) is 61.6 Å². The summed E-state index contributed by atoms with van der Waals surface area (Å²) in [5.41, 5.74) is 0. The van der Waals surface area contributed by atoms with E-state index in [4.69, 9.17) is 5.11 Å². The van der Waals surface area contributed by atoms with Gasteiger partial charge in [0.25, 0.3) is 0 Å². The maximum Gasteiger partial charge on any atom is 0.415 e. The molecule has 1 fully saturated rings. The average Bonchev–Trinajstić information content (AvgIpc) is 2.63. The second-order valence-electron chi connectivity index (χ2n) is 5.05. The highest BCUT2D eigenvalue weighted by Gasteiger charge is 2.41. The van der Waals surface area contributed by atoms with Gasteiger partial charge in [-0.2, -0.15) is 13.2 Å². The van der Waals surface area contributed by atoms with Crippen molar-refractivity contribution in [2.24, 2.45) is 0 Å². The van der Waals surface area contributed by atoms with Crippen molar-refractivity contribution < 1.29 is 26.7 Å². The fourth-order valence-corrected chi connectivity index (χ4v) is 3.66. The summed E-state index contributed by atoms with van der Waals surface area (Å²) < 4.78 is 62.7. The van der Waals surface area contributed by atoms with E-state index in [0.29, 0.717) is 0 Å². The van der Waals surface area contributed by atoms with Gasteiger partial charge >= 0.3 is 6.18 Å². The first-order chi connectivity index (χ1) is 8.52. The summed E-state index contributed by atoms with van der Waals surface area (Å²) in [6.45, 7) is 3.01. The van der Waals surface area contributed by atoms with E-state index in [1.54, 1.807) is 13.8 Å². The van der Waals surface area contributed by atoms with Crippen molar-refractivity contribution in [1.82, 2.24) is 9.62 Å². The van der Waals surface area contributed by atoms with Crippen LogP contribution in [0.2, 0.25) is 0 Å². The van der Waals surface area contributed by atoms with Crippen molar-refractivity contribution in [3.8, 4) is 0 Å². The Bertz CT molecular complexity index is 397. The molecule has 0 aromatic carbocycles. The van der Waals surface area contributed by atoms with Gasteiger partial charge in [-0.05, 0) is 26.8 Å². The van der Waals surface area contributed by atoms with Gasteiger partial charge in [-0.3, -0.25) is 4.90 Å². The molecule has 1 aliphatic rings. The lowest BCUT2D eigenvalue weighted by Crippen LogP contribution is -2.43. The molecule has 1 aliphatic heterocycles. The number of hydrogen-bond donors (Lipinski definition) is 2. The Morgan fingerprint density at radius 2 is 2.00 bits per heavy atom. The molecule has 1 saturated heterocycles. The molecule has 2 N–H and O–H groups in total. The first-order valence-electron chi connectivity index (χ1n) is 6.00. The van der Waals surface area contributed by atoms with Crippen LogP contribution in [0.15, 0.2) is 0 Å². The Morgan fingerprint density at radius 3 is 2.47 bits per heavy atom. The number of sulfonamides is 1. The van der Waals surface area contributed by atoms with Gasteiger partial charge in [0.05, 0.1) is 5.25 Å². The number of likely N-dealkylation sites (tertiary alicyclic amines) is 1. The summed E-state index contributed by atoms with van der Waals surface area (Å²) in [5, 5.41) is 8.22. The van der Waals surface area contributed by atoms with Crippen molar-refractivity contribution in [2.45, 2.75) is 43.8 Å². The van der Waals surface area contributed by atoms with E-state index in [0.717, 1.165) is 0 Å². The lowest BCUT2D eigenvalue weighted by Gasteiger charge is -2.22. The van der Waals surface area contributed by atoms with E-state index in [9.17, 15) is 21.6 Å². The Balaban J connectivity index is 2.55. The molecular weight excluding hydrogens is 285 g/mol. The van der Waals surface area contributed by atoms with Crippen molar-refractivity contribution >= 4 is 10.0 Å². The lowest BCUT2D eigenvalue weighted by atomic mass is 10.3. The standard InChI is InChI=1S/C10H19F3N2O3S/c1-7(2)14-19(17,18)8-3-4-15(5-8)6-9(16)10(11,12)13/h7-9,14,16H,3-6H2,1-2H3. The Kier molecular flexibility index (Phi) is 5.21. The van der Waals surface area contributed by atoms with Crippen LogP contribution in [0.4, 0.5) is 13.2 Å². The van der Waals surface area contributed by atoms with E-state index in [-0.39, 0.29) is 25.6 Å². The summed E-state index contributed by atoms with van der Waals surface area (Å²) in [5.74, 6) is 0. The van der Waals surface area contributed by atoms with Gasteiger partial charge in [0, 0.05) is 19.1 Å². The van der Waals surface area contributed by atoms with Gasteiger partial charge in [0.15, 0.2) is 6.10 Å². The van der Waals surface area contributed by atoms with E-state index >= 15 is 0 Å². The van der Waals surface area contributed by atoms with Crippen LogP contribution < -0.4 is 4.72 Å². The van der Waals surface area contributed by atoms with Crippen LogP contribution in [-0.2, 0) is 10.0 Å². The molecule has 0 radical (unpaired) electrons. The van der Waals surface area contributed by atoms with Crippen LogP contribution in [0.25, 0.3) is 0 Å². The summed E-state index contributed by atoms with van der Waals surface area (Å²) >= 11 is 0. The van der Waals surface area contributed by atoms with Crippen molar-refractivity contribution in [1.29, 1.82) is 0 Å². The van der Waals surface area contributed by atoms with Crippen LogP contribution in [0.3, 0.4) is 0 Å². The quantitative estimate of drug-likeness (QED) is 0.767. The molecule has 5 nitrogen and oxygen atoms in total. The highest BCUT2D eigenvalue weighted by Crippen LogP contribution is 2.23. The molecule has 0 aromatic rings. The molecule has 114 valence electrons. The molecular formula is C10H19F3N2O3S. The third kappa shape index (κ3) is 4.90. The molecule has 0 aliphatic carbocycles. The maximum atomic E-state index is 12.2. The molecule has 1 rings (SSSR count). The highest BCUT2D eigenvalue weighted by atomic mass is 32.2.